The molecule has 1 aliphatic rings. The number of pyridine rings is 1. The minimum Gasteiger partial charge on any atom is -0.384 e. The second-order valence-corrected chi connectivity index (χ2v) is 5.75. The van der Waals surface area contributed by atoms with E-state index >= 15 is 0 Å². The van der Waals surface area contributed by atoms with E-state index < -0.39 is 0 Å². The van der Waals surface area contributed by atoms with E-state index in [9.17, 15) is 0 Å². The zero-order chi connectivity index (χ0) is 14.7. The maximum Gasteiger partial charge on any atom is 0.128 e. The van der Waals surface area contributed by atoms with Crippen molar-refractivity contribution in [2.45, 2.75) is 44.3 Å². The van der Waals surface area contributed by atoms with E-state index in [-0.39, 0.29) is 0 Å². The summed E-state index contributed by atoms with van der Waals surface area (Å²) in [6.07, 6.45) is 8.03. The van der Waals surface area contributed by atoms with Crippen molar-refractivity contribution in [3.8, 4) is 0 Å². The van der Waals surface area contributed by atoms with Crippen LogP contribution in [0.25, 0.3) is 0 Å². The summed E-state index contributed by atoms with van der Waals surface area (Å²) in [6.45, 7) is 0.698. The molecule has 6 heteroatoms. The fraction of sp³-hybridized carbons (Fsp3) is 0.467. The molecule has 3 rings (SSSR count). The third-order valence-corrected chi connectivity index (χ3v) is 3.93. The molecule has 21 heavy (non-hydrogen) atoms. The molecule has 0 aliphatic heterocycles. The summed E-state index contributed by atoms with van der Waals surface area (Å²) in [5.41, 5.74) is 13.0. The predicted molar refractivity (Wildman–Crippen MR) is 83.8 cm³/mol. The average Bonchev–Trinajstić information content (AvgIpc) is 2.93. The van der Waals surface area contributed by atoms with Crippen LogP contribution in [0.5, 0.6) is 0 Å². The van der Waals surface area contributed by atoms with Crippen molar-refractivity contribution in [1.29, 1.82) is 0 Å². The van der Waals surface area contributed by atoms with Gasteiger partial charge in [-0.15, -0.1) is 0 Å². The quantitative estimate of drug-likeness (QED) is 0.793. The zero-order valence-corrected chi connectivity index (χ0v) is 12.1. The molecule has 0 aromatic carbocycles. The SMILES string of the molecule is Nc1cc(Cn2cccn2)cc(N[C@H]2CC[C@H](N)CC2)n1. The van der Waals surface area contributed by atoms with Gasteiger partial charge in [-0.3, -0.25) is 4.68 Å². The van der Waals surface area contributed by atoms with Crippen LogP contribution >= 0.6 is 0 Å². The number of nitrogen functional groups attached to an aromatic ring is 1. The number of nitrogens with one attached hydrogen (secondary N) is 1. The molecule has 1 aliphatic carbocycles. The van der Waals surface area contributed by atoms with Gasteiger partial charge < -0.3 is 16.8 Å². The number of nitrogens with zero attached hydrogens (tertiary/aromatic N) is 3. The van der Waals surface area contributed by atoms with E-state index in [0.29, 0.717) is 24.4 Å². The fourth-order valence-electron chi connectivity index (χ4n) is 2.83. The molecule has 0 amide bonds. The largest absolute Gasteiger partial charge is 0.384 e. The van der Waals surface area contributed by atoms with Crippen LogP contribution in [0, 0.1) is 0 Å². The second kappa shape index (κ2) is 6.13. The first-order valence-electron chi connectivity index (χ1n) is 7.45. The van der Waals surface area contributed by atoms with E-state index in [1.54, 1.807) is 6.20 Å². The Labute approximate surface area is 124 Å². The summed E-state index contributed by atoms with van der Waals surface area (Å²) in [6, 6.07) is 6.65. The lowest BCUT2D eigenvalue weighted by Crippen LogP contribution is -2.33. The zero-order valence-electron chi connectivity index (χ0n) is 12.1. The Kier molecular flexibility index (Phi) is 4.06. The molecule has 2 heterocycles. The summed E-state index contributed by atoms with van der Waals surface area (Å²) < 4.78 is 1.87. The van der Waals surface area contributed by atoms with Crippen LogP contribution in [0.4, 0.5) is 11.6 Å². The molecule has 2 aromatic heterocycles. The maximum atomic E-state index is 5.94. The molecule has 1 fully saturated rings. The summed E-state index contributed by atoms with van der Waals surface area (Å²) in [7, 11) is 0. The van der Waals surface area contributed by atoms with Gasteiger partial charge in [0.25, 0.3) is 0 Å². The Morgan fingerprint density at radius 2 is 2.05 bits per heavy atom. The van der Waals surface area contributed by atoms with E-state index in [4.69, 9.17) is 11.5 Å². The Morgan fingerprint density at radius 1 is 1.24 bits per heavy atom. The molecule has 6 nitrogen and oxygen atoms in total. The van der Waals surface area contributed by atoms with Crippen molar-refractivity contribution in [3.05, 3.63) is 36.2 Å². The lowest BCUT2D eigenvalue weighted by atomic mass is 9.92. The minimum atomic E-state index is 0.354. The highest BCUT2D eigenvalue weighted by atomic mass is 15.3. The number of nitrogens with two attached hydrogens (primary N) is 2. The number of hydrogen-bond donors (Lipinski definition) is 3. The van der Waals surface area contributed by atoms with Gasteiger partial charge in [-0.05, 0) is 49.4 Å². The number of rotatable bonds is 4. The number of hydrogen-bond acceptors (Lipinski definition) is 5. The van der Waals surface area contributed by atoms with Gasteiger partial charge in [0.1, 0.15) is 11.6 Å². The first kappa shape index (κ1) is 13.9. The molecule has 112 valence electrons. The standard InChI is InChI=1S/C15H22N6/c16-12-2-4-13(5-3-12)19-15-9-11(8-14(17)20-15)10-21-7-1-6-18-21/h1,6-9,12-13H,2-5,10,16H2,(H3,17,19,20)/t12-,13-. The van der Waals surface area contributed by atoms with Crippen molar-refractivity contribution in [2.75, 3.05) is 11.1 Å². The molecule has 0 saturated heterocycles. The van der Waals surface area contributed by atoms with Gasteiger partial charge in [-0.25, -0.2) is 4.98 Å². The monoisotopic (exact) mass is 286 g/mol. The van der Waals surface area contributed by atoms with Crippen LogP contribution in [-0.2, 0) is 6.54 Å². The van der Waals surface area contributed by atoms with Gasteiger partial charge in [0.15, 0.2) is 0 Å². The summed E-state index contributed by atoms with van der Waals surface area (Å²) in [5.74, 6) is 1.38. The van der Waals surface area contributed by atoms with Crippen LogP contribution in [0.1, 0.15) is 31.2 Å². The topological polar surface area (TPSA) is 94.8 Å². The van der Waals surface area contributed by atoms with Gasteiger partial charge in [0.2, 0.25) is 0 Å². The van der Waals surface area contributed by atoms with Crippen molar-refractivity contribution in [1.82, 2.24) is 14.8 Å². The highest BCUT2D eigenvalue weighted by Gasteiger charge is 2.18. The van der Waals surface area contributed by atoms with Gasteiger partial charge in [0.05, 0.1) is 6.54 Å². The van der Waals surface area contributed by atoms with Crippen LogP contribution < -0.4 is 16.8 Å². The van der Waals surface area contributed by atoms with E-state index in [1.165, 1.54) is 0 Å². The molecule has 0 atom stereocenters. The maximum absolute atomic E-state index is 5.94. The van der Waals surface area contributed by atoms with Crippen LogP contribution in [-0.4, -0.2) is 26.8 Å². The van der Waals surface area contributed by atoms with Gasteiger partial charge in [-0.1, -0.05) is 0 Å². The summed E-state index contributed by atoms with van der Waals surface area (Å²) in [4.78, 5) is 4.38. The molecule has 2 aromatic rings. The van der Waals surface area contributed by atoms with Crippen LogP contribution in [0.3, 0.4) is 0 Å². The van der Waals surface area contributed by atoms with Gasteiger partial charge >= 0.3 is 0 Å². The summed E-state index contributed by atoms with van der Waals surface area (Å²) in [5, 5.41) is 7.70. The van der Waals surface area contributed by atoms with E-state index in [2.05, 4.69) is 15.4 Å². The molecular formula is C15H22N6. The van der Waals surface area contributed by atoms with Gasteiger partial charge in [0, 0.05) is 24.5 Å². The Balaban J connectivity index is 1.69. The lowest BCUT2D eigenvalue weighted by molar-refractivity contribution is 0.410. The third kappa shape index (κ3) is 3.72. The van der Waals surface area contributed by atoms with Crippen LogP contribution in [0.15, 0.2) is 30.6 Å². The Bertz CT molecular complexity index is 572. The van der Waals surface area contributed by atoms with Gasteiger partial charge in [-0.2, -0.15) is 5.10 Å². The molecule has 5 N–H and O–H groups in total. The first-order chi connectivity index (χ1) is 10.2. The molecule has 0 bridgehead atoms. The Morgan fingerprint density at radius 3 is 2.76 bits per heavy atom. The average molecular weight is 286 g/mol. The smallest absolute Gasteiger partial charge is 0.128 e. The molecule has 0 radical (unpaired) electrons. The lowest BCUT2D eigenvalue weighted by Gasteiger charge is -2.27. The first-order valence-corrected chi connectivity index (χ1v) is 7.45. The van der Waals surface area contributed by atoms with Crippen LogP contribution in [0.2, 0.25) is 0 Å². The second-order valence-electron chi connectivity index (χ2n) is 5.75. The highest BCUT2D eigenvalue weighted by molar-refractivity contribution is 5.47. The van der Waals surface area contributed by atoms with Crippen molar-refractivity contribution < 1.29 is 0 Å². The third-order valence-electron chi connectivity index (χ3n) is 3.93. The van der Waals surface area contributed by atoms with E-state index in [0.717, 1.165) is 37.1 Å². The minimum absolute atomic E-state index is 0.354. The predicted octanol–water partition coefficient (Wildman–Crippen LogP) is 1.59. The molecular weight excluding hydrogens is 264 g/mol. The highest BCUT2D eigenvalue weighted by Crippen LogP contribution is 2.21. The number of anilines is 2. The fourth-order valence-corrected chi connectivity index (χ4v) is 2.83. The molecule has 1 saturated carbocycles. The number of aromatic nitrogens is 3. The van der Waals surface area contributed by atoms with Crippen molar-refractivity contribution in [2.24, 2.45) is 5.73 Å². The summed E-state index contributed by atoms with van der Waals surface area (Å²) >= 11 is 0. The Hall–Kier alpha value is -2.08. The van der Waals surface area contributed by atoms with Crippen molar-refractivity contribution in [3.63, 3.8) is 0 Å². The van der Waals surface area contributed by atoms with E-state index in [1.807, 2.05) is 29.1 Å². The van der Waals surface area contributed by atoms with Crippen molar-refractivity contribution >= 4 is 11.6 Å². The molecule has 0 unspecified atom stereocenters. The molecule has 0 spiro atoms. The normalized spacial score (nSPS) is 22.1.